The Morgan fingerprint density at radius 3 is 2.32 bits per heavy atom. The number of guanidine groups is 1. The van der Waals surface area contributed by atoms with Gasteiger partial charge >= 0.3 is 0 Å². The Hall–Kier alpha value is -2.17. The van der Waals surface area contributed by atoms with E-state index in [0.717, 1.165) is 0 Å². The van der Waals surface area contributed by atoms with E-state index in [-0.39, 0.29) is 41.9 Å². The zero-order chi connectivity index (χ0) is 19.2. The molecule has 152 valence electrons. The van der Waals surface area contributed by atoms with E-state index >= 15 is 0 Å². The van der Waals surface area contributed by atoms with Gasteiger partial charge in [-0.2, -0.15) is 0 Å². The monoisotopic (exact) mass is 504 g/mol. The van der Waals surface area contributed by atoms with Gasteiger partial charge in [-0.3, -0.25) is 9.79 Å². The summed E-state index contributed by atoms with van der Waals surface area (Å²) in [7, 11) is 1.66. The summed E-state index contributed by atoms with van der Waals surface area (Å²) < 4.78 is 32.5. The third kappa shape index (κ3) is 5.21. The van der Waals surface area contributed by atoms with Crippen LogP contribution in [0, 0.1) is 11.6 Å². The van der Waals surface area contributed by atoms with Crippen LogP contribution in [0.3, 0.4) is 0 Å². The lowest BCUT2D eigenvalue weighted by Crippen LogP contribution is -2.54. The summed E-state index contributed by atoms with van der Waals surface area (Å²) in [5.74, 6) is -0.235. The van der Waals surface area contributed by atoms with E-state index in [1.165, 1.54) is 24.5 Å². The third-order valence-electron chi connectivity index (χ3n) is 4.53. The smallest absolute Gasteiger partial charge is 0.289 e. The minimum atomic E-state index is -0.545. The number of benzene rings is 1. The molecule has 2 aromatic rings. The number of carbonyl (C=O) groups excluding carboxylic acids is 1. The molecule has 1 aromatic heterocycles. The van der Waals surface area contributed by atoms with Gasteiger partial charge in [-0.15, -0.1) is 24.0 Å². The quantitative estimate of drug-likeness (QED) is 0.396. The number of hydrogen-bond donors (Lipinski definition) is 1. The van der Waals surface area contributed by atoms with Crippen LogP contribution < -0.4 is 5.32 Å². The van der Waals surface area contributed by atoms with Gasteiger partial charge in [-0.05, 0) is 30.7 Å². The molecular weight excluding hydrogens is 481 g/mol. The second kappa shape index (κ2) is 10.4. The van der Waals surface area contributed by atoms with Gasteiger partial charge in [0, 0.05) is 45.3 Å². The highest BCUT2D eigenvalue weighted by Crippen LogP contribution is 2.13. The summed E-state index contributed by atoms with van der Waals surface area (Å²) in [6.07, 6.45) is 1.70. The van der Waals surface area contributed by atoms with Gasteiger partial charge in [0.1, 0.15) is 11.6 Å². The van der Waals surface area contributed by atoms with Gasteiger partial charge in [0.05, 0.1) is 6.26 Å². The third-order valence-corrected chi connectivity index (χ3v) is 4.53. The van der Waals surface area contributed by atoms with Crippen molar-refractivity contribution in [2.45, 2.75) is 6.42 Å². The number of furan rings is 1. The number of amides is 1. The molecule has 0 aliphatic carbocycles. The van der Waals surface area contributed by atoms with Crippen LogP contribution in [-0.4, -0.2) is 61.4 Å². The summed E-state index contributed by atoms with van der Waals surface area (Å²) >= 11 is 0. The van der Waals surface area contributed by atoms with Crippen LogP contribution in [0.15, 0.2) is 46.0 Å². The number of hydrogen-bond acceptors (Lipinski definition) is 3. The average Bonchev–Trinajstić information content (AvgIpc) is 3.22. The lowest BCUT2D eigenvalue weighted by Gasteiger charge is -2.36. The molecule has 0 unspecified atom stereocenters. The van der Waals surface area contributed by atoms with Crippen molar-refractivity contribution < 1.29 is 18.0 Å². The molecule has 1 aliphatic heterocycles. The van der Waals surface area contributed by atoms with Crippen LogP contribution in [0.1, 0.15) is 16.1 Å². The molecule has 9 heteroatoms. The minimum Gasteiger partial charge on any atom is -0.459 e. The zero-order valence-electron chi connectivity index (χ0n) is 15.5. The van der Waals surface area contributed by atoms with E-state index in [1.54, 1.807) is 24.1 Å². The molecule has 6 nitrogen and oxygen atoms in total. The minimum absolute atomic E-state index is 0. The Morgan fingerprint density at radius 1 is 1.11 bits per heavy atom. The number of nitrogens with one attached hydrogen (secondary N) is 1. The summed E-state index contributed by atoms with van der Waals surface area (Å²) in [6, 6.07) is 7.19. The summed E-state index contributed by atoms with van der Waals surface area (Å²) in [6.45, 7) is 2.67. The van der Waals surface area contributed by atoms with Crippen molar-refractivity contribution in [3.8, 4) is 0 Å². The summed E-state index contributed by atoms with van der Waals surface area (Å²) in [5.41, 5.74) is 0.0642. The zero-order valence-corrected chi connectivity index (χ0v) is 17.9. The maximum atomic E-state index is 13.7. The Morgan fingerprint density at radius 2 is 1.75 bits per heavy atom. The SMILES string of the molecule is CN=C(NCCc1c(F)cccc1F)N1CCN(C(=O)c2ccco2)CC1.I. The maximum Gasteiger partial charge on any atom is 0.289 e. The Bertz CT molecular complexity index is 786. The molecule has 1 fully saturated rings. The molecule has 0 atom stereocenters. The molecule has 0 spiro atoms. The van der Waals surface area contributed by atoms with Crippen LogP contribution in [0.25, 0.3) is 0 Å². The van der Waals surface area contributed by atoms with Gasteiger partial charge in [0.15, 0.2) is 11.7 Å². The number of nitrogens with zero attached hydrogens (tertiary/aromatic N) is 3. The van der Waals surface area contributed by atoms with Gasteiger partial charge < -0.3 is 19.5 Å². The van der Waals surface area contributed by atoms with Crippen LogP contribution in [0.5, 0.6) is 0 Å². The highest BCUT2D eigenvalue weighted by molar-refractivity contribution is 14.0. The van der Waals surface area contributed by atoms with Crippen LogP contribution >= 0.6 is 24.0 Å². The largest absolute Gasteiger partial charge is 0.459 e. The molecule has 0 radical (unpaired) electrons. The molecule has 28 heavy (non-hydrogen) atoms. The van der Waals surface area contributed by atoms with Crippen LogP contribution in [0.2, 0.25) is 0 Å². The fourth-order valence-electron chi connectivity index (χ4n) is 3.08. The first-order valence-corrected chi connectivity index (χ1v) is 8.81. The molecule has 2 heterocycles. The van der Waals surface area contributed by atoms with E-state index in [0.29, 0.717) is 44.4 Å². The standard InChI is InChI=1S/C19H22F2N4O2.HI/c1-22-19(23-8-7-14-15(20)4-2-5-16(14)21)25-11-9-24(10-12-25)18(26)17-6-3-13-27-17;/h2-6,13H,7-12H2,1H3,(H,22,23);1H. The van der Waals surface area contributed by atoms with Crippen molar-refractivity contribution in [3.63, 3.8) is 0 Å². The topological polar surface area (TPSA) is 61.1 Å². The lowest BCUT2D eigenvalue weighted by atomic mass is 10.1. The van der Waals surface area contributed by atoms with Crippen molar-refractivity contribution in [2.75, 3.05) is 39.8 Å². The molecule has 3 rings (SSSR count). The second-order valence-electron chi connectivity index (χ2n) is 6.18. The molecular formula is C19H23F2IN4O2. The van der Waals surface area contributed by atoms with E-state index in [9.17, 15) is 13.6 Å². The summed E-state index contributed by atoms with van der Waals surface area (Å²) in [4.78, 5) is 20.3. The Balaban J connectivity index is 0.00000280. The van der Waals surface area contributed by atoms with Gasteiger partial charge in [0.25, 0.3) is 5.91 Å². The molecule has 1 aromatic carbocycles. The Labute approximate surface area is 179 Å². The normalized spacial score (nSPS) is 14.6. The van der Waals surface area contributed by atoms with Crippen LogP contribution in [0.4, 0.5) is 8.78 Å². The van der Waals surface area contributed by atoms with Crippen molar-refractivity contribution in [2.24, 2.45) is 4.99 Å². The van der Waals surface area contributed by atoms with E-state index in [1.807, 2.05) is 4.90 Å². The first-order chi connectivity index (χ1) is 13.1. The molecule has 1 N–H and O–H groups in total. The predicted molar refractivity (Wildman–Crippen MR) is 113 cm³/mol. The van der Waals surface area contributed by atoms with Gasteiger partial charge in [0.2, 0.25) is 0 Å². The molecule has 1 saturated heterocycles. The number of piperazine rings is 1. The molecule has 1 amide bonds. The summed E-state index contributed by atoms with van der Waals surface area (Å²) in [5, 5.41) is 3.13. The van der Waals surface area contributed by atoms with E-state index in [4.69, 9.17) is 4.42 Å². The maximum absolute atomic E-state index is 13.7. The average molecular weight is 504 g/mol. The van der Waals surface area contributed by atoms with Crippen molar-refractivity contribution in [1.29, 1.82) is 0 Å². The highest BCUT2D eigenvalue weighted by Gasteiger charge is 2.25. The number of halogens is 3. The Kier molecular flexibility index (Phi) is 8.21. The van der Waals surface area contributed by atoms with E-state index in [2.05, 4.69) is 10.3 Å². The molecule has 0 saturated carbocycles. The predicted octanol–water partition coefficient (Wildman–Crippen LogP) is 2.75. The highest BCUT2D eigenvalue weighted by atomic mass is 127. The van der Waals surface area contributed by atoms with Crippen LogP contribution in [-0.2, 0) is 6.42 Å². The number of rotatable bonds is 4. The lowest BCUT2D eigenvalue weighted by molar-refractivity contribution is 0.0658. The van der Waals surface area contributed by atoms with Gasteiger partial charge in [-0.25, -0.2) is 8.78 Å². The first kappa shape index (κ1) is 22.1. The van der Waals surface area contributed by atoms with E-state index < -0.39 is 11.6 Å². The number of aliphatic imine (C=N–C) groups is 1. The fraction of sp³-hybridized carbons (Fsp3) is 0.368. The van der Waals surface area contributed by atoms with Crippen molar-refractivity contribution >= 4 is 35.8 Å². The first-order valence-electron chi connectivity index (χ1n) is 8.81. The molecule has 0 bridgehead atoms. The second-order valence-corrected chi connectivity index (χ2v) is 6.18. The van der Waals surface area contributed by atoms with Gasteiger partial charge in [-0.1, -0.05) is 6.07 Å². The fourth-order valence-corrected chi connectivity index (χ4v) is 3.08. The molecule has 1 aliphatic rings. The van der Waals surface area contributed by atoms with Crippen molar-refractivity contribution in [3.05, 3.63) is 59.6 Å². The number of carbonyl (C=O) groups is 1. The van der Waals surface area contributed by atoms with Crippen molar-refractivity contribution in [1.82, 2.24) is 15.1 Å².